The van der Waals surface area contributed by atoms with E-state index in [4.69, 9.17) is 5.11 Å². The average molecular weight is 207 g/mol. The van der Waals surface area contributed by atoms with E-state index >= 15 is 0 Å². The quantitative estimate of drug-likeness (QED) is 0.769. The van der Waals surface area contributed by atoms with Crippen molar-refractivity contribution in [2.75, 3.05) is 26.7 Å². The summed E-state index contributed by atoms with van der Waals surface area (Å²) in [5.74, 6) is 0. The Kier molecular flexibility index (Phi) is 5.37. The molecule has 0 atom stereocenters. The van der Waals surface area contributed by atoms with Crippen molar-refractivity contribution in [1.82, 2.24) is 4.90 Å². The van der Waals surface area contributed by atoms with Crippen LogP contribution in [0.2, 0.25) is 0 Å². The highest BCUT2D eigenvalue weighted by Crippen LogP contribution is 2.09. The van der Waals surface area contributed by atoms with Crippen molar-refractivity contribution in [3.8, 4) is 0 Å². The van der Waals surface area contributed by atoms with Crippen molar-refractivity contribution in [1.29, 1.82) is 0 Å². The summed E-state index contributed by atoms with van der Waals surface area (Å²) in [6.45, 7) is 4.23. The molecule has 0 aliphatic rings. The molecule has 84 valence electrons. The van der Waals surface area contributed by atoms with E-state index in [0.717, 1.165) is 25.9 Å². The van der Waals surface area contributed by atoms with Gasteiger partial charge in [-0.25, -0.2) is 0 Å². The number of nitrogens with zero attached hydrogens (tertiary/aromatic N) is 1. The standard InChI is InChI=1S/C13H21NO/c1-12-6-3-4-7-13(12)8-5-9-14(2)10-11-15/h3-4,6-7,15H,5,8-11H2,1-2H3. The first-order valence-corrected chi connectivity index (χ1v) is 5.58. The number of benzene rings is 1. The fourth-order valence-corrected chi connectivity index (χ4v) is 1.71. The number of hydrogen-bond donors (Lipinski definition) is 1. The molecule has 0 heterocycles. The van der Waals surface area contributed by atoms with Gasteiger partial charge in [0.25, 0.3) is 0 Å². The van der Waals surface area contributed by atoms with Gasteiger partial charge in [0.05, 0.1) is 6.61 Å². The third-order valence-corrected chi connectivity index (χ3v) is 2.73. The zero-order valence-electron chi connectivity index (χ0n) is 9.74. The van der Waals surface area contributed by atoms with E-state index in [0.29, 0.717) is 0 Å². The van der Waals surface area contributed by atoms with E-state index in [1.165, 1.54) is 11.1 Å². The van der Waals surface area contributed by atoms with Crippen LogP contribution in [-0.2, 0) is 6.42 Å². The number of aliphatic hydroxyl groups is 1. The molecule has 0 spiro atoms. The van der Waals surface area contributed by atoms with Crippen molar-refractivity contribution < 1.29 is 5.11 Å². The van der Waals surface area contributed by atoms with Crippen molar-refractivity contribution in [3.63, 3.8) is 0 Å². The van der Waals surface area contributed by atoms with Crippen LogP contribution in [0.15, 0.2) is 24.3 Å². The molecule has 0 aromatic heterocycles. The van der Waals surface area contributed by atoms with Crippen LogP contribution >= 0.6 is 0 Å². The highest BCUT2D eigenvalue weighted by atomic mass is 16.3. The van der Waals surface area contributed by atoms with Gasteiger partial charge in [-0.15, -0.1) is 0 Å². The van der Waals surface area contributed by atoms with Gasteiger partial charge < -0.3 is 10.0 Å². The summed E-state index contributed by atoms with van der Waals surface area (Å²) in [4.78, 5) is 2.16. The number of likely N-dealkylation sites (N-methyl/N-ethyl adjacent to an activating group) is 1. The molecule has 0 bridgehead atoms. The van der Waals surface area contributed by atoms with Crippen molar-refractivity contribution in [2.45, 2.75) is 19.8 Å². The fourth-order valence-electron chi connectivity index (χ4n) is 1.71. The minimum atomic E-state index is 0.251. The van der Waals surface area contributed by atoms with Crippen LogP contribution in [-0.4, -0.2) is 36.8 Å². The van der Waals surface area contributed by atoms with Gasteiger partial charge in [-0.2, -0.15) is 0 Å². The number of aliphatic hydroxyl groups excluding tert-OH is 1. The summed E-state index contributed by atoms with van der Waals surface area (Å²) in [7, 11) is 2.05. The minimum absolute atomic E-state index is 0.251. The van der Waals surface area contributed by atoms with Crippen LogP contribution in [0.1, 0.15) is 17.5 Å². The molecule has 2 heteroatoms. The van der Waals surface area contributed by atoms with Crippen LogP contribution in [0.3, 0.4) is 0 Å². The second kappa shape index (κ2) is 6.59. The van der Waals surface area contributed by atoms with E-state index < -0.39 is 0 Å². The first-order chi connectivity index (χ1) is 7.24. The second-order valence-corrected chi connectivity index (χ2v) is 4.06. The summed E-state index contributed by atoms with van der Waals surface area (Å²) in [5, 5.41) is 8.76. The summed E-state index contributed by atoms with van der Waals surface area (Å²) in [5.41, 5.74) is 2.82. The van der Waals surface area contributed by atoms with Crippen LogP contribution in [0.25, 0.3) is 0 Å². The number of hydrogen-bond acceptors (Lipinski definition) is 2. The maximum atomic E-state index is 8.76. The molecule has 0 amide bonds. The maximum Gasteiger partial charge on any atom is 0.0558 e. The predicted octanol–water partition coefficient (Wildman–Crippen LogP) is 1.85. The second-order valence-electron chi connectivity index (χ2n) is 4.06. The predicted molar refractivity (Wildman–Crippen MR) is 64.1 cm³/mol. The molecule has 0 saturated carbocycles. The Morgan fingerprint density at radius 2 is 1.93 bits per heavy atom. The fraction of sp³-hybridized carbons (Fsp3) is 0.538. The SMILES string of the molecule is Cc1ccccc1CCCN(C)CCO. The summed E-state index contributed by atoms with van der Waals surface area (Å²) in [6.07, 6.45) is 2.28. The van der Waals surface area contributed by atoms with Crippen LogP contribution in [0, 0.1) is 6.92 Å². The molecule has 1 aromatic rings. The lowest BCUT2D eigenvalue weighted by molar-refractivity contribution is 0.220. The molecule has 0 aliphatic heterocycles. The lowest BCUT2D eigenvalue weighted by Crippen LogP contribution is -2.23. The zero-order chi connectivity index (χ0) is 11.1. The molecule has 1 rings (SSSR count). The molecular weight excluding hydrogens is 186 g/mol. The van der Waals surface area contributed by atoms with Gasteiger partial charge in [0.2, 0.25) is 0 Å². The monoisotopic (exact) mass is 207 g/mol. The average Bonchev–Trinajstić information content (AvgIpc) is 2.21. The number of rotatable bonds is 6. The van der Waals surface area contributed by atoms with Crippen molar-refractivity contribution >= 4 is 0 Å². The lowest BCUT2D eigenvalue weighted by atomic mass is 10.0. The van der Waals surface area contributed by atoms with Gasteiger partial charge in [-0.1, -0.05) is 24.3 Å². The molecular formula is C13H21NO. The Morgan fingerprint density at radius 3 is 2.60 bits per heavy atom. The number of aryl methyl sites for hydroxylation is 2. The first kappa shape index (κ1) is 12.2. The lowest BCUT2D eigenvalue weighted by Gasteiger charge is -2.14. The van der Waals surface area contributed by atoms with Crippen LogP contribution in [0.5, 0.6) is 0 Å². The van der Waals surface area contributed by atoms with Gasteiger partial charge in [0.1, 0.15) is 0 Å². The Labute approximate surface area is 92.5 Å². The highest BCUT2D eigenvalue weighted by Gasteiger charge is 1.99. The Hall–Kier alpha value is -0.860. The normalized spacial score (nSPS) is 10.9. The van der Waals surface area contributed by atoms with Crippen LogP contribution < -0.4 is 0 Å². The Balaban J connectivity index is 2.29. The maximum absolute atomic E-state index is 8.76. The summed E-state index contributed by atoms with van der Waals surface area (Å²) < 4.78 is 0. The molecule has 0 saturated heterocycles. The molecule has 2 nitrogen and oxygen atoms in total. The summed E-state index contributed by atoms with van der Waals surface area (Å²) in [6, 6.07) is 8.53. The van der Waals surface area contributed by atoms with Gasteiger partial charge >= 0.3 is 0 Å². The van der Waals surface area contributed by atoms with Gasteiger partial charge in [0, 0.05) is 6.54 Å². The largest absolute Gasteiger partial charge is 0.395 e. The first-order valence-electron chi connectivity index (χ1n) is 5.58. The Morgan fingerprint density at radius 1 is 1.20 bits per heavy atom. The van der Waals surface area contributed by atoms with Crippen LogP contribution in [0.4, 0.5) is 0 Å². The van der Waals surface area contributed by atoms with Gasteiger partial charge in [-0.05, 0) is 44.5 Å². The third-order valence-electron chi connectivity index (χ3n) is 2.73. The molecule has 1 N–H and O–H groups in total. The Bertz CT molecular complexity index is 286. The topological polar surface area (TPSA) is 23.5 Å². The molecule has 0 fully saturated rings. The van der Waals surface area contributed by atoms with Crippen molar-refractivity contribution in [2.24, 2.45) is 0 Å². The van der Waals surface area contributed by atoms with E-state index in [1.54, 1.807) is 0 Å². The molecule has 1 aromatic carbocycles. The summed E-state index contributed by atoms with van der Waals surface area (Å²) >= 11 is 0. The third kappa shape index (κ3) is 4.45. The van der Waals surface area contributed by atoms with E-state index in [-0.39, 0.29) is 6.61 Å². The van der Waals surface area contributed by atoms with E-state index in [1.807, 2.05) is 7.05 Å². The van der Waals surface area contributed by atoms with E-state index in [2.05, 4.69) is 36.1 Å². The molecule has 15 heavy (non-hydrogen) atoms. The highest BCUT2D eigenvalue weighted by molar-refractivity contribution is 5.25. The molecule has 0 unspecified atom stereocenters. The minimum Gasteiger partial charge on any atom is -0.395 e. The van der Waals surface area contributed by atoms with Gasteiger partial charge in [-0.3, -0.25) is 0 Å². The molecule has 0 aliphatic carbocycles. The van der Waals surface area contributed by atoms with E-state index in [9.17, 15) is 0 Å². The smallest absolute Gasteiger partial charge is 0.0558 e. The van der Waals surface area contributed by atoms with Crippen molar-refractivity contribution in [3.05, 3.63) is 35.4 Å². The molecule has 0 radical (unpaired) electrons. The zero-order valence-corrected chi connectivity index (χ0v) is 9.74. The van der Waals surface area contributed by atoms with Gasteiger partial charge in [0.15, 0.2) is 0 Å².